The number of nitrogens with zero attached hydrogens (tertiary/aromatic N) is 4. The van der Waals surface area contributed by atoms with E-state index in [1.165, 1.54) is 21.9 Å². The highest BCUT2D eigenvalue weighted by Gasteiger charge is 2.49. The molecule has 586 valence electrons. The van der Waals surface area contributed by atoms with E-state index in [1.54, 1.807) is 18.6 Å². The standard InChI is InChI=1S/C32H21OP.C30H21OP.C27H21N2OP.C22H15N2OP/c33-34(24-12-2-1-3-13-24)29-17-9-8-16-27(29)31-25-14-6-4-10-22(25)18-20-28(31)32-26-15-7-5-11-23(26)19-21-30(32)34;31-32(24-13-5-2-6-14-24)29-18-10-9-17-27(29)25-15-7-8-16-26(25)28-21-23(19-20-30(28)32)22-11-3-1-4-12-22;1-27(2)20-13-8-16-28-25(20)23-24(27)19-12-6-7-14-21(19)31(30,18-10-4-3-5-11-18)22-15-9-17-29-26(22)23;25-26(21-13-5-6-14-23-21)20-12-4-3-10-18(20)16-8-1-2-9-17(16)19-11-7-15-24-22(19)26/h1-21H;1-21H;3-17H,1-2H3;1-15H. The minimum atomic E-state index is -3.19. The van der Waals surface area contributed by atoms with Crippen molar-refractivity contribution in [3.8, 4) is 77.9 Å². The Bertz CT molecular complexity index is 7620. The molecule has 12 heteroatoms. The third-order valence-corrected chi connectivity index (χ3v) is 37.2. The van der Waals surface area contributed by atoms with E-state index in [0.717, 1.165) is 164 Å². The number of rotatable bonds is 5. The van der Waals surface area contributed by atoms with Crippen LogP contribution in [0.2, 0.25) is 0 Å². The van der Waals surface area contributed by atoms with Crippen molar-refractivity contribution in [2.75, 3.05) is 0 Å². The summed E-state index contributed by atoms with van der Waals surface area (Å²) in [6, 6.07) is 139. The first-order valence-electron chi connectivity index (χ1n) is 41.3. The number of fused-ring (bicyclic) bond motifs is 25. The van der Waals surface area contributed by atoms with Crippen molar-refractivity contribution in [2.45, 2.75) is 19.3 Å². The first-order valence-corrected chi connectivity index (χ1v) is 48.1. The Morgan fingerprint density at radius 1 is 0.236 bits per heavy atom. The molecule has 123 heavy (non-hydrogen) atoms. The van der Waals surface area contributed by atoms with Crippen molar-refractivity contribution in [3.05, 3.63) is 460 Å². The molecule has 0 saturated heterocycles. The Balaban J connectivity index is 0.000000101. The van der Waals surface area contributed by atoms with Gasteiger partial charge < -0.3 is 18.3 Å². The molecule has 0 fully saturated rings. The lowest BCUT2D eigenvalue weighted by atomic mass is 9.78. The summed E-state index contributed by atoms with van der Waals surface area (Å²) in [6.45, 7) is 4.46. The number of benzene rings is 15. The van der Waals surface area contributed by atoms with Crippen LogP contribution in [-0.2, 0) is 23.7 Å². The largest absolute Gasteiger partial charge is 0.309 e. The molecule has 8 heterocycles. The normalized spacial score (nSPS) is 17.6. The molecule has 1 aliphatic carbocycles. The molecule has 0 bridgehead atoms. The molecular weight excluding hydrogens is 1580 g/mol. The number of aromatic nitrogens is 4. The van der Waals surface area contributed by atoms with E-state index < -0.39 is 28.6 Å². The van der Waals surface area contributed by atoms with Crippen molar-refractivity contribution in [1.29, 1.82) is 0 Å². The van der Waals surface area contributed by atoms with Gasteiger partial charge in [0.2, 0.25) is 7.14 Å². The molecule has 4 atom stereocenters. The van der Waals surface area contributed by atoms with Gasteiger partial charge in [0, 0.05) is 99.9 Å². The van der Waals surface area contributed by atoms with E-state index in [9.17, 15) is 4.57 Å². The predicted molar refractivity (Wildman–Crippen MR) is 514 cm³/mol. The van der Waals surface area contributed by atoms with Gasteiger partial charge in [-0.1, -0.05) is 372 Å². The Morgan fingerprint density at radius 2 is 0.626 bits per heavy atom. The highest BCUT2D eigenvalue weighted by molar-refractivity contribution is 7.87. The minimum absolute atomic E-state index is 0.282. The zero-order valence-corrected chi connectivity index (χ0v) is 70.9. The average Bonchev–Trinajstić information content (AvgIpc) is 1.54. The van der Waals surface area contributed by atoms with E-state index >= 15 is 13.7 Å². The van der Waals surface area contributed by atoms with E-state index in [4.69, 9.17) is 9.97 Å². The molecule has 4 aromatic heterocycles. The summed E-state index contributed by atoms with van der Waals surface area (Å²) in [6.07, 6.45) is 7.03. The van der Waals surface area contributed by atoms with Gasteiger partial charge in [-0.2, -0.15) is 0 Å². The van der Waals surface area contributed by atoms with Gasteiger partial charge in [-0.05, 0) is 160 Å². The van der Waals surface area contributed by atoms with E-state index in [-0.39, 0.29) is 5.41 Å². The molecular formula is C111H78N4O4P4. The molecule has 19 aromatic rings. The minimum Gasteiger partial charge on any atom is -0.309 e. The second-order valence-corrected chi connectivity index (χ2v) is 42.5. The molecule has 24 rings (SSSR count). The quantitative estimate of drug-likeness (QED) is 0.156. The Morgan fingerprint density at radius 3 is 1.22 bits per heavy atom. The first kappa shape index (κ1) is 76.5. The Kier molecular flexibility index (Phi) is 19.2. The van der Waals surface area contributed by atoms with Crippen LogP contribution in [0.4, 0.5) is 0 Å². The van der Waals surface area contributed by atoms with Gasteiger partial charge in [-0.25, -0.2) is 0 Å². The van der Waals surface area contributed by atoms with E-state index in [1.807, 2.05) is 231 Å². The number of pyridine rings is 4. The maximum Gasteiger partial charge on any atom is 0.207 e. The van der Waals surface area contributed by atoms with Gasteiger partial charge in [0.1, 0.15) is 10.9 Å². The van der Waals surface area contributed by atoms with Crippen molar-refractivity contribution in [3.63, 3.8) is 0 Å². The maximum atomic E-state index is 15.5. The maximum absolute atomic E-state index is 15.5. The van der Waals surface area contributed by atoms with E-state index in [2.05, 4.69) is 212 Å². The fourth-order valence-corrected chi connectivity index (χ4v) is 31.2. The third kappa shape index (κ3) is 12.3. The van der Waals surface area contributed by atoms with Gasteiger partial charge in [0.15, 0.2) is 21.4 Å². The Hall–Kier alpha value is -13.9. The van der Waals surface area contributed by atoms with Crippen LogP contribution >= 0.6 is 28.6 Å². The highest BCUT2D eigenvalue weighted by atomic mass is 31.2. The van der Waals surface area contributed by atoms with Gasteiger partial charge in [0.25, 0.3) is 0 Å². The summed E-state index contributed by atoms with van der Waals surface area (Å²) < 4.78 is 60.6. The smallest absolute Gasteiger partial charge is 0.207 e. The van der Waals surface area contributed by atoms with Crippen LogP contribution in [0.1, 0.15) is 36.4 Å². The van der Waals surface area contributed by atoms with Gasteiger partial charge in [0.05, 0.1) is 11.4 Å². The SMILES string of the molecule is CC1(C)C2=C(c3ncccc31)c1ncccc1P(=O)(c1ccccc1)c1ccccc12.O=P1(c2ccccc2)c2ccccc2-c2c(ccc3ccccc23)-c2c1ccc1ccccc21.O=P1(c2ccccc2)c2ccccc2-c2ccccc2-c2cc(-c3ccccc3)ccc21.O=P1(c2ccccn2)c2ccccc2-c2ccccc2-c2cccnc21. The van der Waals surface area contributed by atoms with E-state index in [0.29, 0.717) is 10.9 Å². The summed E-state index contributed by atoms with van der Waals surface area (Å²) in [4.78, 5) is 18.7. The third-order valence-electron chi connectivity index (χ3n) is 24.8. The van der Waals surface area contributed by atoms with Crippen LogP contribution in [0.25, 0.3) is 111 Å². The average molecular weight is 1660 g/mol. The number of allylic oxidation sites excluding steroid dienone is 1. The Labute approximate surface area is 715 Å². The van der Waals surface area contributed by atoms with Crippen LogP contribution in [0, 0.1) is 0 Å². The fourth-order valence-electron chi connectivity index (χ4n) is 19.3. The molecule has 15 aromatic carbocycles. The summed E-state index contributed by atoms with van der Waals surface area (Å²) >= 11 is 0. The fraction of sp³-hybridized carbons (Fsp3) is 0.0270. The van der Waals surface area contributed by atoms with Crippen LogP contribution in [0.5, 0.6) is 0 Å². The van der Waals surface area contributed by atoms with Crippen LogP contribution < -0.4 is 63.9 Å². The lowest BCUT2D eigenvalue weighted by Crippen LogP contribution is -2.29. The van der Waals surface area contributed by atoms with Gasteiger partial charge >= 0.3 is 0 Å². The monoisotopic (exact) mass is 1650 g/mol. The van der Waals surface area contributed by atoms with Crippen LogP contribution in [0.15, 0.2) is 437 Å². The molecule has 5 aliphatic rings. The van der Waals surface area contributed by atoms with Crippen molar-refractivity contribution >= 4 is 125 Å². The van der Waals surface area contributed by atoms with Crippen LogP contribution in [-0.4, -0.2) is 19.9 Å². The molecule has 4 unspecified atom stereocenters. The molecule has 0 saturated carbocycles. The van der Waals surface area contributed by atoms with Crippen LogP contribution in [0.3, 0.4) is 0 Å². The molecule has 0 radical (unpaired) electrons. The summed E-state index contributed by atoms with van der Waals surface area (Å²) in [5.41, 5.74) is 22.1. The van der Waals surface area contributed by atoms with Crippen molar-refractivity contribution < 1.29 is 18.3 Å². The van der Waals surface area contributed by atoms with Gasteiger partial charge in [-0.15, -0.1) is 0 Å². The summed E-state index contributed by atoms with van der Waals surface area (Å²) in [5, 5.41) is 13.3. The second kappa shape index (κ2) is 31.0. The molecule has 0 spiro atoms. The van der Waals surface area contributed by atoms with Crippen molar-refractivity contribution in [2.24, 2.45) is 0 Å². The molecule has 0 amide bonds. The predicted octanol–water partition coefficient (Wildman–Crippen LogP) is 22.4. The molecule has 4 aliphatic heterocycles. The zero-order valence-electron chi connectivity index (χ0n) is 67.3. The summed E-state index contributed by atoms with van der Waals surface area (Å²) in [7, 11) is -12.6. The van der Waals surface area contributed by atoms with Gasteiger partial charge in [-0.3, -0.25) is 19.9 Å². The number of hydrogen-bond donors (Lipinski definition) is 0. The van der Waals surface area contributed by atoms with Crippen molar-refractivity contribution in [1.82, 2.24) is 19.9 Å². The highest BCUT2D eigenvalue weighted by Crippen LogP contribution is 2.60. The second-order valence-electron chi connectivity index (χ2n) is 31.8. The lowest BCUT2D eigenvalue weighted by molar-refractivity contribution is 0.591. The first-order chi connectivity index (χ1) is 60.4. The number of hydrogen-bond acceptors (Lipinski definition) is 8. The molecule has 8 nitrogen and oxygen atoms in total. The molecule has 0 N–H and O–H groups in total. The topological polar surface area (TPSA) is 120 Å². The lowest BCUT2D eigenvalue weighted by Gasteiger charge is -2.27. The zero-order chi connectivity index (χ0) is 83.0. The summed E-state index contributed by atoms with van der Waals surface area (Å²) in [5.74, 6) is 0.